The van der Waals surface area contributed by atoms with E-state index in [2.05, 4.69) is 133 Å². The van der Waals surface area contributed by atoms with Gasteiger partial charge in [0, 0.05) is 34.3 Å². The minimum Gasteiger partial charge on any atom is -0.311 e. The van der Waals surface area contributed by atoms with Crippen LogP contribution in [0.1, 0.15) is 40.3 Å². The average Bonchev–Trinajstić information content (AvgIpc) is 3.07. The molecule has 0 saturated carbocycles. The van der Waals surface area contributed by atoms with E-state index in [0.29, 0.717) is 17.5 Å². The lowest BCUT2D eigenvalue weighted by Crippen LogP contribution is -2.09. The zero-order valence-corrected chi connectivity index (χ0v) is 24.7. The summed E-state index contributed by atoms with van der Waals surface area (Å²) in [5.74, 6) is 6.08. The summed E-state index contributed by atoms with van der Waals surface area (Å²) in [5.41, 5.74) is 8.52. The van der Waals surface area contributed by atoms with Crippen LogP contribution in [0.5, 0.6) is 0 Å². The van der Waals surface area contributed by atoms with Crippen molar-refractivity contribution >= 4 is 50.8 Å². The molecule has 0 heterocycles. The fourth-order valence-corrected chi connectivity index (χ4v) is 5.59. The highest BCUT2D eigenvalue weighted by molar-refractivity contribution is 6.13. The topological polar surface area (TPSA) is 50.8 Å². The Kier molecular flexibility index (Phi) is 7.92. The van der Waals surface area contributed by atoms with Crippen LogP contribution in [0.3, 0.4) is 0 Å². The van der Waals surface area contributed by atoms with Crippen molar-refractivity contribution in [1.29, 1.82) is 10.5 Å². The van der Waals surface area contributed by atoms with Crippen LogP contribution in [0.2, 0.25) is 0 Å². The van der Waals surface area contributed by atoms with Gasteiger partial charge in [-0.1, -0.05) is 90.4 Å². The van der Waals surface area contributed by atoms with Gasteiger partial charge in [0.1, 0.15) is 12.1 Å². The smallest absolute Gasteiger partial charge is 0.101 e. The van der Waals surface area contributed by atoms with Crippen molar-refractivity contribution in [3.05, 3.63) is 149 Å². The van der Waals surface area contributed by atoms with Crippen molar-refractivity contribution in [2.24, 2.45) is 0 Å². The first kappa shape index (κ1) is 28.1. The summed E-state index contributed by atoms with van der Waals surface area (Å²) in [5, 5.41) is 23.4. The first-order chi connectivity index (χ1) is 21.6. The molecule has 0 N–H and O–H groups in total. The molecule has 0 bridgehead atoms. The quantitative estimate of drug-likeness (QED) is 0.115. The minimum absolute atomic E-state index is 0.416. The summed E-state index contributed by atoms with van der Waals surface area (Å²) in [6, 6.07) is 44.1. The van der Waals surface area contributed by atoms with E-state index in [-0.39, 0.29) is 0 Å². The van der Waals surface area contributed by atoms with E-state index in [1.807, 2.05) is 37.3 Å². The second-order valence-electron chi connectivity index (χ2n) is 10.7. The summed E-state index contributed by atoms with van der Waals surface area (Å²) in [6.07, 6.45) is 4.83. The third-order valence-electron chi connectivity index (χ3n) is 7.83. The molecule has 0 spiro atoms. The number of aryl methyl sites for hydroxylation is 1. The molecule has 0 amide bonds. The predicted molar refractivity (Wildman–Crippen MR) is 183 cm³/mol. The Balaban J connectivity index is 1.37. The Morgan fingerprint density at radius 2 is 1.14 bits per heavy atom. The summed E-state index contributed by atoms with van der Waals surface area (Å²) in [6.45, 7) is 3.93. The monoisotopic (exact) mass is 563 g/mol. The zero-order chi connectivity index (χ0) is 30.5. The molecule has 0 unspecified atom stereocenters. The lowest BCUT2D eigenvalue weighted by molar-refractivity contribution is 1.27. The summed E-state index contributed by atoms with van der Waals surface area (Å²) in [4.78, 5) is 2.25. The standard InChI is InChI=1S/C41H29N3/c1-3-4-8-31-17-23-36-38(25-31)39-26-32(18-24-37(39)41(28-43)40(36)27-42)14-13-30-15-21-35(22-16-30)44(33-9-6-5-7-10-33)34-19-11-29(2)12-20-34/h5-7,9-26H,8H2,1-2H3. The Bertz CT molecular complexity index is 2170. The number of nitrogens with zero attached hydrogens (tertiary/aromatic N) is 3. The fraction of sp³-hybridized carbons (Fsp3) is 0.0732. The molecule has 0 atom stereocenters. The molecule has 6 aromatic carbocycles. The zero-order valence-electron chi connectivity index (χ0n) is 24.7. The Labute approximate surface area is 258 Å². The average molecular weight is 564 g/mol. The summed E-state index contributed by atoms with van der Waals surface area (Å²) < 4.78 is 0. The molecule has 3 heteroatoms. The van der Waals surface area contributed by atoms with E-state index in [1.165, 1.54) is 5.56 Å². The van der Waals surface area contributed by atoms with Crippen molar-refractivity contribution in [3.8, 4) is 24.0 Å². The first-order valence-electron chi connectivity index (χ1n) is 14.5. The van der Waals surface area contributed by atoms with E-state index >= 15 is 0 Å². The van der Waals surface area contributed by atoms with Crippen LogP contribution in [0, 0.1) is 41.4 Å². The minimum atomic E-state index is 0.416. The summed E-state index contributed by atoms with van der Waals surface area (Å²) >= 11 is 0. The maximum atomic E-state index is 9.98. The molecule has 208 valence electrons. The van der Waals surface area contributed by atoms with Gasteiger partial charge in [0.2, 0.25) is 0 Å². The van der Waals surface area contributed by atoms with Gasteiger partial charge in [-0.3, -0.25) is 0 Å². The molecule has 0 radical (unpaired) electrons. The largest absolute Gasteiger partial charge is 0.311 e. The maximum absolute atomic E-state index is 9.98. The van der Waals surface area contributed by atoms with Crippen LogP contribution in [0.25, 0.3) is 33.7 Å². The van der Waals surface area contributed by atoms with E-state index in [9.17, 15) is 10.5 Å². The highest BCUT2D eigenvalue weighted by Gasteiger charge is 2.15. The molecule has 3 nitrogen and oxygen atoms in total. The fourth-order valence-electron chi connectivity index (χ4n) is 5.59. The van der Waals surface area contributed by atoms with Crippen molar-refractivity contribution < 1.29 is 0 Å². The molecule has 0 aliphatic heterocycles. The van der Waals surface area contributed by atoms with Crippen molar-refractivity contribution in [2.45, 2.75) is 20.3 Å². The SMILES string of the molecule is CC#CCc1ccc2c(C#N)c(C#N)c3ccc(C=Cc4ccc(N(c5ccccc5)c5ccc(C)cc5)cc4)cc3c2c1. The van der Waals surface area contributed by atoms with Gasteiger partial charge >= 0.3 is 0 Å². The van der Waals surface area contributed by atoms with E-state index in [4.69, 9.17) is 0 Å². The van der Waals surface area contributed by atoms with E-state index in [0.717, 1.165) is 55.3 Å². The van der Waals surface area contributed by atoms with E-state index < -0.39 is 0 Å². The van der Waals surface area contributed by atoms with Crippen LogP contribution < -0.4 is 4.90 Å². The van der Waals surface area contributed by atoms with Crippen molar-refractivity contribution in [1.82, 2.24) is 0 Å². The van der Waals surface area contributed by atoms with Crippen molar-refractivity contribution in [2.75, 3.05) is 4.90 Å². The molecule has 0 fully saturated rings. The van der Waals surface area contributed by atoms with Crippen LogP contribution in [-0.4, -0.2) is 0 Å². The first-order valence-corrected chi connectivity index (χ1v) is 14.5. The molecule has 6 rings (SSSR count). The molecule has 0 saturated heterocycles. The third kappa shape index (κ3) is 5.54. The maximum Gasteiger partial charge on any atom is 0.101 e. The number of hydrogen-bond acceptors (Lipinski definition) is 3. The van der Waals surface area contributed by atoms with Crippen molar-refractivity contribution in [3.63, 3.8) is 0 Å². The Morgan fingerprint density at radius 1 is 0.591 bits per heavy atom. The number of rotatable bonds is 6. The Morgan fingerprint density at radius 3 is 1.77 bits per heavy atom. The van der Waals surface area contributed by atoms with Crippen LogP contribution >= 0.6 is 0 Å². The molecular formula is C41H29N3. The second-order valence-corrected chi connectivity index (χ2v) is 10.7. The lowest BCUT2D eigenvalue weighted by Gasteiger charge is -2.25. The lowest BCUT2D eigenvalue weighted by atomic mass is 9.90. The van der Waals surface area contributed by atoms with Crippen LogP contribution in [0.4, 0.5) is 17.1 Å². The third-order valence-corrected chi connectivity index (χ3v) is 7.83. The van der Waals surface area contributed by atoms with Gasteiger partial charge in [0.25, 0.3) is 0 Å². The molecular weight excluding hydrogens is 534 g/mol. The molecule has 44 heavy (non-hydrogen) atoms. The van der Waals surface area contributed by atoms with Gasteiger partial charge in [-0.15, -0.1) is 5.92 Å². The van der Waals surface area contributed by atoms with Gasteiger partial charge < -0.3 is 4.90 Å². The molecule has 0 aromatic heterocycles. The number of fused-ring (bicyclic) bond motifs is 3. The normalized spacial score (nSPS) is 10.7. The van der Waals surface area contributed by atoms with Gasteiger partial charge in [-0.2, -0.15) is 10.5 Å². The molecule has 0 aliphatic rings. The molecule has 0 aliphatic carbocycles. The number of anilines is 3. The highest BCUT2D eigenvalue weighted by Crippen LogP contribution is 2.36. The van der Waals surface area contributed by atoms with Gasteiger partial charge in [-0.25, -0.2) is 0 Å². The Hall–Kier alpha value is -6.08. The number of para-hydroxylation sites is 1. The number of nitriles is 2. The van der Waals surface area contributed by atoms with Crippen LogP contribution in [0.15, 0.2) is 115 Å². The number of hydrogen-bond donors (Lipinski definition) is 0. The number of benzene rings is 6. The second kappa shape index (κ2) is 12.4. The van der Waals surface area contributed by atoms with E-state index in [1.54, 1.807) is 0 Å². The summed E-state index contributed by atoms with van der Waals surface area (Å²) in [7, 11) is 0. The highest BCUT2D eigenvalue weighted by atomic mass is 15.1. The van der Waals surface area contributed by atoms with Gasteiger partial charge in [0.05, 0.1) is 11.1 Å². The van der Waals surface area contributed by atoms with Crippen LogP contribution in [-0.2, 0) is 6.42 Å². The predicted octanol–water partition coefficient (Wildman–Crippen LogP) is 10.3. The molecule has 6 aromatic rings. The van der Waals surface area contributed by atoms with Gasteiger partial charge in [-0.05, 0) is 89.8 Å². The van der Waals surface area contributed by atoms with Gasteiger partial charge in [0.15, 0.2) is 0 Å².